The van der Waals surface area contributed by atoms with Gasteiger partial charge in [-0.1, -0.05) is 69.2 Å². The summed E-state index contributed by atoms with van der Waals surface area (Å²) in [6.45, 7) is 8.66. The summed E-state index contributed by atoms with van der Waals surface area (Å²) in [5.41, 5.74) is 10.3. The third-order valence-electron chi connectivity index (χ3n) is 8.85. The van der Waals surface area contributed by atoms with E-state index in [2.05, 4.69) is 117 Å². The van der Waals surface area contributed by atoms with Gasteiger partial charge in [0.05, 0.1) is 22.4 Å². The second kappa shape index (κ2) is 12.7. The second-order valence-corrected chi connectivity index (χ2v) is 12.2. The zero-order chi connectivity index (χ0) is 31.6. The lowest BCUT2D eigenvalue weighted by Crippen LogP contribution is -2.00. The Hall–Kier alpha value is -5.16. The zero-order valence-electron chi connectivity index (χ0n) is 27.1. The van der Waals surface area contributed by atoms with Crippen molar-refractivity contribution in [2.45, 2.75) is 59.8 Å². The van der Waals surface area contributed by atoms with Crippen LogP contribution in [0.15, 0.2) is 109 Å². The van der Waals surface area contributed by atoms with E-state index in [1.807, 2.05) is 29.1 Å². The summed E-state index contributed by atoms with van der Waals surface area (Å²) in [6, 6.07) is 36.3. The number of aromatic nitrogens is 4. The largest absolute Gasteiger partial charge is 0.457 e. The predicted molar refractivity (Wildman–Crippen MR) is 190 cm³/mol. The maximum absolute atomic E-state index is 6.56. The van der Waals surface area contributed by atoms with E-state index in [1.54, 1.807) is 0 Å². The van der Waals surface area contributed by atoms with Crippen LogP contribution in [0.2, 0.25) is 0 Å². The smallest absolute Gasteiger partial charge is 0.137 e. The number of unbranched alkanes of at least 4 members (excludes halogenated alkanes) is 1. The van der Waals surface area contributed by atoms with Crippen LogP contribution in [-0.4, -0.2) is 19.3 Å². The molecule has 3 heterocycles. The van der Waals surface area contributed by atoms with Crippen LogP contribution in [0, 0.1) is 13.8 Å². The van der Waals surface area contributed by atoms with Crippen LogP contribution in [0.4, 0.5) is 0 Å². The third kappa shape index (κ3) is 5.58. The Morgan fingerprint density at radius 3 is 2.33 bits per heavy atom. The summed E-state index contributed by atoms with van der Waals surface area (Å²) in [7, 11) is 0. The van der Waals surface area contributed by atoms with E-state index in [1.165, 1.54) is 45.9 Å². The van der Waals surface area contributed by atoms with Gasteiger partial charge in [-0.05, 0) is 98.3 Å². The Balaban J connectivity index is 1.29. The molecule has 0 atom stereocenters. The van der Waals surface area contributed by atoms with E-state index in [-0.39, 0.29) is 0 Å². The van der Waals surface area contributed by atoms with Gasteiger partial charge in [0.2, 0.25) is 0 Å². The van der Waals surface area contributed by atoms with Crippen molar-refractivity contribution in [1.29, 1.82) is 0 Å². The number of benzene rings is 4. The van der Waals surface area contributed by atoms with Gasteiger partial charge in [-0.15, -0.1) is 0 Å². The molecule has 0 bridgehead atoms. The molecule has 0 saturated heterocycles. The van der Waals surface area contributed by atoms with Crippen LogP contribution in [-0.2, 0) is 12.8 Å². The second-order valence-electron chi connectivity index (χ2n) is 12.2. The minimum atomic E-state index is 0.762. The average molecular weight is 605 g/mol. The first-order valence-corrected chi connectivity index (χ1v) is 16.5. The maximum atomic E-state index is 6.56. The Kier molecular flexibility index (Phi) is 8.15. The van der Waals surface area contributed by atoms with Crippen molar-refractivity contribution in [3.63, 3.8) is 0 Å². The molecule has 0 saturated carbocycles. The number of pyridine rings is 1. The standard InChI is InChI=1S/C41H40N4O/c1-5-7-13-31-22-23-42-40(25-31)44-38-21-18-30(12-6-2)24-37(38)36-20-19-35(27-39(36)44)46-34-17-11-16-33(26-34)45-29(4)41(28(3)43-45)32-14-9-8-10-15-32/h8-11,14-27H,5-7,12-13H2,1-4H3. The van der Waals surface area contributed by atoms with Crippen LogP contribution in [0.3, 0.4) is 0 Å². The van der Waals surface area contributed by atoms with Crippen LogP contribution in [0.1, 0.15) is 55.6 Å². The highest BCUT2D eigenvalue weighted by atomic mass is 16.5. The van der Waals surface area contributed by atoms with Gasteiger partial charge >= 0.3 is 0 Å². The van der Waals surface area contributed by atoms with Crippen molar-refractivity contribution >= 4 is 21.8 Å². The number of nitrogens with zero attached hydrogens (tertiary/aromatic N) is 4. The zero-order valence-corrected chi connectivity index (χ0v) is 27.1. The molecule has 7 aromatic rings. The predicted octanol–water partition coefficient (Wildman–Crippen LogP) is 10.7. The van der Waals surface area contributed by atoms with Gasteiger partial charge in [0.15, 0.2) is 0 Å². The molecule has 5 nitrogen and oxygen atoms in total. The fraction of sp³-hybridized carbons (Fsp3) is 0.220. The lowest BCUT2D eigenvalue weighted by atomic mass is 10.0. The van der Waals surface area contributed by atoms with Crippen molar-refractivity contribution in [2.24, 2.45) is 0 Å². The molecule has 46 heavy (non-hydrogen) atoms. The van der Waals surface area contributed by atoms with Gasteiger partial charge in [-0.25, -0.2) is 9.67 Å². The maximum Gasteiger partial charge on any atom is 0.137 e. The highest BCUT2D eigenvalue weighted by Gasteiger charge is 2.17. The molecule has 230 valence electrons. The number of rotatable bonds is 10. The summed E-state index contributed by atoms with van der Waals surface area (Å²) in [4.78, 5) is 4.86. The van der Waals surface area contributed by atoms with Gasteiger partial charge in [-0.3, -0.25) is 4.57 Å². The highest BCUT2D eigenvalue weighted by Crippen LogP contribution is 2.36. The molecule has 0 radical (unpaired) electrons. The normalized spacial score (nSPS) is 11.5. The number of fused-ring (bicyclic) bond motifs is 3. The average Bonchev–Trinajstić information content (AvgIpc) is 3.56. The quantitative estimate of drug-likeness (QED) is 0.156. The summed E-state index contributed by atoms with van der Waals surface area (Å²) in [5.74, 6) is 2.48. The molecule has 3 aromatic heterocycles. The molecular formula is C41H40N4O. The van der Waals surface area contributed by atoms with Crippen molar-refractivity contribution < 1.29 is 4.74 Å². The molecule has 0 aliphatic carbocycles. The van der Waals surface area contributed by atoms with Gasteiger partial charge in [0.25, 0.3) is 0 Å². The number of hydrogen-bond donors (Lipinski definition) is 0. The van der Waals surface area contributed by atoms with Gasteiger partial charge in [-0.2, -0.15) is 5.10 Å². The highest BCUT2D eigenvalue weighted by molar-refractivity contribution is 6.09. The Labute approximate surface area is 271 Å². The first-order valence-electron chi connectivity index (χ1n) is 16.5. The van der Waals surface area contributed by atoms with E-state index in [9.17, 15) is 0 Å². The Morgan fingerprint density at radius 2 is 1.50 bits per heavy atom. The molecule has 0 fully saturated rings. The van der Waals surface area contributed by atoms with Crippen LogP contribution in [0.5, 0.6) is 11.5 Å². The van der Waals surface area contributed by atoms with E-state index in [0.717, 1.165) is 64.7 Å². The molecule has 0 N–H and O–H groups in total. The van der Waals surface area contributed by atoms with Crippen LogP contribution >= 0.6 is 0 Å². The fourth-order valence-corrected chi connectivity index (χ4v) is 6.65. The Morgan fingerprint density at radius 1 is 0.674 bits per heavy atom. The molecule has 0 aliphatic rings. The number of hydrogen-bond acceptors (Lipinski definition) is 3. The Bertz CT molecular complexity index is 2160. The summed E-state index contributed by atoms with van der Waals surface area (Å²) in [6.07, 6.45) is 7.51. The van der Waals surface area contributed by atoms with Gasteiger partial charge in [0.1, 0.15) is 17.3 Å². The van der Waals surface area contributed by atoms with Gasteiger partial charge in [0, 0.05) is 40.4 Å². The topological polar surface area (TPSA) is 44.9 Å². The summed E-state index contributed by atoms with van der Waals surface area (Å²) < 4.78 is 10.9. The van der Waals surface area contributed by atoms with E-state index in [0.29, 0.717) is 0 Å². The molecule has 0 amide bonds. The number of ether oxygens (including phenoxy) is 1. The van der Waals surface area contributed by atoms with Crippen LogP contribution in [0.25, 0.3) is 44.4 Å². The minimum Gasteiger partial charge on any atom is -0.457 e. The molecule has 0 unspecified atom stereocenters. The summed E-state index contributed by atoms with van der Waals surface area (Å²) in [5, 5.41) is 7.36. The lowest BCUT2D eigenvalue weighted by molar-refractivity contribution is 0.482. The van der Waals surface area contributed by atoms with Crippen LogP contribution < -0.4 is 4.74 Å². The third-order valence-corrected chi connectivity index (χ3v) is 8.85. The van der Waals surface area contributed by atoms with Crippen molar-refractivity contribution in [3.05, 3.63) is 132 Å². The summed E-state index contributed by atoms with van der Waals surface area (Å²) >= 11 is 0. The monoisotopic (exact) mass is 604 g/mol. The van der Waals surface area contributed by atoms with Gasteiger partial charge < -0.3 is 4.74 Å². The molecule has 7 rings (SSSR count). The molecule has 5 heteroatoms. The minimum absolute atomic E-state index is 0.762. The molecule has 0 spiro atoms. The molecular weight excluding hydrogens is 564 g/mol. The first kappa shape index (κ1) is 29.5. The SMILES string of the molecule is CCCCc1ccnc(-n2c3ccc(CCC)cc3c3ccc(Oc4cccc(-n5nc(C)c(-c6ccccc6)c5C)c4)cc32)c1. The lowest BCUT2D eigenvalue weighted by Gasteiger charge is -2.11. The van der Waals surface area contributed by atoms with Crippen molar-refractivity contribution in [2.75, 3.05) is 0 Å². The fourth-order valence-electron chi connectivity index (χ4n) is 6.65. The first-order chi connectivity index (χ1) is 22.5. The molecule has 0 aliphatic heterocycles. The van der Waals surface area contributed by atoms with E-state index in [4.69, 9.17) is 14.8 Å². The number of aryl methyl sites for hydroxylation is 3. The van der Waals surface area contributed by atoms with Crippen molar-refractivity contribution in [1.82, 2.24) is 19.3 Å². The van der Waals surface area contributed by atoms with E-state index < -0.39 is 0 Å². The molecule has 4 aromatic carbocycles. The van der Waals surface area contributed by atoms with E-state index >= 15 is 0 Å². The van der Waals surface area contributed by atoms with Crippen molar-refractivity contribution in [3.8, 4) is 34.1 Å².